The van der Waals surface area contributed by atoms with E-state index in [0.29, 0.717) is 32.5 Å². The third-order valence-corrected chi connectivity index (χ3v) is 10.8. The van der Waals surface area contributed by atoms with Crippen molar-refractivity contribution in [3.05, 3.63) is 65.7 Å². The molecule has 5 rings (SSSR count). The summed E-state index contributed by atoms with van der Waals surface area (Å²) in [6.07, 6.45) is -0.882. The summed E-state index contributed by atoms with van der Waals surface area (Å²) < 4.78 is 52.1. The molecule has 11 heteroatoms. The lowest BCUT2D eigenvalue weighted by atomic mass is 9.84. The maximum atomic E-state index is 13.7. The van der Waals surface area contributed by atoms with Crippen LogP contribution in [0.1, 0.15) is 37.8 Å². The molecule has 0 bridgehead atoms. The van der Waals surface area contributed by atoms with Crippen LogP contribution in [0.5, 0.6) is 0 Å². The predicted octanol–water partition coefficient (Wildman–Crippen LogP) is 3.75. The topological polar surface area (TPSA) is 124 Å². The number of aliphatic hydroxyl groups excluding tert-OH is 1. The van der Waals surface area contributed by atoms with Gasteiger partial charge < -0.3 is 29.4 Å². The number of hydrogen-bond donors (Lipinski definition) is 2. The van der Waals surface area contributed by atoms with Crippen molar-refractivity contribution in [3.63, 3.8) is 0 Å². The van der Waals surface area contributed by atoms with Gasteiger partial charge in [0.2, 0.25) is 10.0 Å². The van der Waals surface area contributed by atoms with Gasteiger partial charge in [0, 0.05) is 32.0 Å². The third kappa shape index (κ3) is 7.63. The number of rotatable bonds is 13. The van der Waals surface area contributed by atoms with Crippen molar-refractivity contribution in [1.82, 2.24) is 9.62 Å². The minimum absolute atomic E-state index is 0.0175. The first-order valence-electron chi connectivity index (χ1n) is 15.6. The molecule has 8 atom stereocenters. The molecule has 0 radical (unpaired) electrons. The summed E-state index contributed by atoms with van der Waals surface area (Å²) in [4.78, 5) is 13.6. The second-order valence-corrected chi connectivity index (χ2v) is 14.8. The van der Waals surface area contributed by atoms with E-state index in [-0.39, 0.29) is 60.2 Å². The SMILES string of the molecule is COC[C@@H]1CC2[C@H]3C(CO[C@H]3O1)C[C@@H]2OC(=O)N[C@@H](Cc1ccccc1)[C@H](O)CN(CC(C)C)S(=O)(=O)c1ccc(C)cc1. The van der Waals surface area contributed by atoms with Crippen LogP contribution in [0.25, 0.3) is 0 Å². The molecule has 2 aliphatic heterocycles. The Balaban J connectivity index is 1.31. The van der Waals surface area contributed by atoms with Gasteiger partial charge in [-0.2, -0.15) is 4.31 Å². The number of ether oxygens (including phenoxy) is 4. The van der Waals surface area contributed by atoms with Gasteiger partial charge in [0.25, 0.3) is 0 Å². The number of hydrogen-bond acceptors (Lipinski definition) is 8. The highest BCUT2D eigenvalue weighted by molar-refractivity contribution is 7.89. The van der Waals surface area contributed by atoms with Crippen LogP contribution < -0.4 is 5.32 Å². The Labute approximate surface area is 261 Å². The average Bonchev–Trinajstić information content (AvgIpc) is 3.54. The standard InChI is InChI=1S/C33H46N2O8S/c1-21(2)17-35(44(38,39)26-12-10-22(3)11-13-26)18-29(36)28(14-23-8-6-5-7-9-23)34-33(37)43-30-15-24-19-41-32-31(24)27(30)16-25(42-32)20-40-4/h5-13,21,24-25,27-32,36H,14-20H2,1-4H3,(H,34,37)/t24?,25-,27?,28-,29+,30-,31+,32-/m0/s1. The van der Waals surface area contributed by atoms with E-state index in [1.165, 1.54) is 4.31 Å². The zero-order valence-electron chi connectivity index (χ0n) is 26.0. The summed E-state index contributed by atoms with van der Waals surface area (Å²) in [5, 5.41) is 14.5. The van der Waals surface area contributed by atoms with Gasteiger partial charge in [-0.1, -0.05) is 61.9 Å². The molecular weight excluding hydrogens is 584 g/mol. The van der Waals surface area contributed by atoms with Crippen LogP contribution >= 0.6 is 0 Å². The van der Waals surface area contributed by atoms with Crippen molar-refractivity contribution in [2.75, 3.05) is 33.4 Å². The Kier molecular flexibility index (Phi) is 10.6. The highest BCUT2D eigenvalue weighted by atomic mass is 32.2. The Morgan fingerprint density at radius 3 is 2.50 bits per heavy atom. The first-order valence-corrected chi connectivity index (χ1v) is 17.0. The summed E-state index contributed by atoms with van der Waals surface area (Å²) in [7, 11) is -2.26. The predicted molar refractivity (Wildman–Crippen MR) is 164 cm³/mol. The summed E-state index contributed by atoms with van der Waals surface area (Å²) >= 11 is 0. The summed E-state index contributed by atoms with van der Waals surface area (Å²) in [5.74, 6) is 0.534. The minimum atomic E-state index is -3.89. The van der Waals surface area contributed by atoms with Crippen molar-refractivity contribution in [3.8, 4) is 0 Å². The largest absolute Gasteiger partial charge is 0.446 e. The maximum absolute atomic E-state index is 13.7. The smallest absolute Gasteiger partial charge is 0.407 e. The van der Waals surface area contributed by atoms with E-state index in [1.807, 2.05) is 51.1 Å². The van der Waals surface area contributed by atoms with E-state index in [4.69, 9.17) is 18.9 Å². The molecule has 1 saturated carbocycles. The molecule has 3 aliphatic rings. The lowest BCUT2D eigenvalue weighted by molar-refractivity contribution is -0.215. The van der Waals surface area contributed by atoms with Crippen molar-refractivity contribution in [1.29, 1.82) is 0 Å². The van der Waals surface area contributed by atoms with E-state index >= 15 is 0 Å². The zero-order valence-corrected chi connectivity index (χ0v) is 26.8. The van der Waals surface area contributed by atoms with E-state index < -0.39 is 28.3 Å². The minimum Gasteiger partial charge on any atom is -0.446 e. The van der Waals surface area contributed by atoms with Crippen LogP contribution in [-0.4, -0.2) is 88.0 Å². The van der Waals surface area contributed by atoms with Crippen LogP contribution in [-0.2, 0) is 35.4 Å². The van der Waals surface area contributed by atoms with E-state index in [1.54, 1.807) is 31.4 Å². The Bertz CT molecular complexity index is 1340. The molecule has 2 heterocycles. The monoisotopic (exact) mass is 630 g/mol. The molecule has 44 heavy (non-hydrogen) atoms. The molecule has 2 unspecified atom stereocenters. The quantitative estimate of drug-likeness (QED) is 0.343. The van der Waals surface area contributed by atoms with E-state index in [2.05, 4.69) is 5.32 Å². The van der Waals surface area contributed by atoms with Gasteiger partial charge in [-0.3, -0.25) is 0 Å². The van der Waals surface area contributed by atoms with Crippen molar-refractivity contribution >= 4 is 16.1 Å². The summed E-state index contributed by atoms with van der Waals surface area (Å²) in [6, 6.07) is 15.4. The fraction of sp³-hybridized carbons (Fsp3) is 0.606. The van der Waals surface area contributed by atoms with Crippen molar-refractivity contribution < 1.29 is 37.3 Å². The molecule has 0 spiro atoms. The molecular formula is C33H46N2O8S. The van der Waals surface area contributed by atoms with E-state index in [0.717, 1.165) is 11.1 Å². The van der Waals surface area contributed by atoms with Gasteiger partial charge in [-0.25, -0.2) is 13.2 Å². The van der Waals surface area contributed by atoms with E-state index in [9.17, 15) is 18.3 Å². The number of carbonyl (C=O) groups is 1. The molecule has 1 amide bonds. The number of benzene rings is 2. The van der Waals surface area contributed by atoms with Gasteiger partial charge in [-0.05, 0) is 55.7 Å². The zero-order chi connectivity index (χ0) is 31.4. The molecule has 242 valence electrons. The van der Waals surface area contributed by atoms with Crippen molar-refractivity contribution in [2.24, 2.45) is 23.7 Å². The highest BCUT2D eigenvalue weighted by Crippen LogP contribution is 2.51. The number of aryl methyl sites for hydroxylation is 1. The number of carbonyl (C=O) groups excluding carboxylic acids is 1. The highest BCUT2D eigenvalue weighted by Gasteiger charge is 2.56. The van der Waals surface area contributed by atoms with Crippen LogP contribution in [0.4, 0.5) is 4.79 Å². The van der Waals surface area contributed by atoms with Gasteiger partial charge in [0.1, 0.15) is 6.10 Å². The fourth-order valence-electron chi connectivity index (χ4n) is 6.92. The number of nitrogens with zero attached hydrogens (tertiary/aromatic N) is 1. The third-order valence-electron chi connectivity index (χ3n) is 9.00. The maximum Gasteiger partial charge on any atom is 0.407 e. The Morgan fingerprint density at radius 2 is 1.82 bits per heavy atom. The molecule has 2 saturated heterocycles. The number of sulfonamides is 1. The first-order chi connectivity index (χ1) is 21.0. The number of methoxy groups -OCH3 is 1. The van der Waals surface area contributed by atoms with Crippen LogP contribution in [0.2, 0.25) is 0 Å². The normalized spacial score (nSPS) is 27.7. The number of alkyl carbamates (subject to hydrolysis) is 1. The summed E-state index contributed by atoms with van der Waals surface area (Å²) in [5.41, 5.74) is 1.85. The average molecular weight is 631 g/mol. The lowest BCUT2D eigenvalue weighted by Gasteiger charge is -2.37. The lowest BCUT2D eigenvalue weighted by Crippen LogP contribution is -2.52. The second kappa shape index (κ2) is 14.3. The molecule has 0 aromatic heterocycles. The Hall–Kier alpha value is -2.54. The first kappa shape index (κ1) is 32.8. The van der Waals surface area contributed by atoms with Crippen LogP contribution in [0.3, 0.4) is 0 Å². The molecule has 10 nitrogen and oxygen atoms in total. The summed E-state index contributed by atoms with van der Waals surface area (Å²) in [6.45, 7) is 6.81. The van der Waals surface area contributed by atoms with Gasteiger partial charge in [0.05, 0.1) is 36.4 Å². The van der Waals surface area contributed by atoms with Crippen LogP contribution in [0.15, 0.2) is 59.5 Å². The molecule has 3 fully saturated rings. The molecule has 2 N–H and O–H groups in total. The Morgan fingerprint density at radius 1 is 1.09 bits per heavy atom. The molecule has 2 aromatic carbocycles. The van der Waals surface area contributed by atoms with Gasteiger partial charge in [0.15, 0.2) is 6.29 Å². The van der Waals surface area contributed by atoms with Crippen LogP contribution in [0, 0.1) is 30.6 Å². The van der Waals surface area contributed by atoms with Gasteiger partial charge >= 0.3 is 6.09 Å². The fourth-order valence-corrected chi connectivity index (χ4v) is 8.55. The second-order valence-electron chi connectivity index (χ2n) is 12.9. The molecule has 2 aromatic rings. The number of nitrogens with one attached hydrogen (secondary N) is 1. The number of amides is 1. The van der Waals surface area contributed by atoms with Gasteiger partial charge in [-0.15, -0.1) is 0 Å². The molecule has 1 aliphatic carbocycles. The van der Waals surface area contributed by atoms with Crippen molar-refractivity contribution in [2.45, 2.75) is 75.6 Å². The number of aliphatic hydroxyl groups is 1.